The van der Waals surface area contributed by atoms with Crippen molar-refractivity contribution in [1.82, 2.24) is 20.3 Å². The molecule has 12 heteroatoms. The summed E-state index contributed by atoms with van der Waals surface area (Å²) >= 11 is 0. The van der Waals surface area contributed by atoms with Crippen molar-refractivity contribution >= 4 is 44.0 Å². The molecule has 1 amide bonds. The molecule has 3 aromatic heterocycles. The molecule has 11 nitrogen and oxygen atoms in total. The first-order valence-electron chi connectivity index (χ1n) is 12.8. The molecule has 206 valence electrons. The molecular weight excluding hydrogens is 532 g/mol. The van der Waals surface area contributed by atoms with Crippen LogP contribution in [0.25, 0.3) is 10.9 Å². The van der Waals surface area contributed by atoms with Gasteiger partial charge in [0.2, 0.25) is 5.88 Å². The molecule has 40 heavy (non-hydrogen) atoms. The first-order valence-corrected chi connectivity index (χ1v) is 14.5. The SMILES string of the molecule is CN(C)c1ccc2c(n1)OCCN2c1ccc2cnc(CNC(=O)c3ccc4c(c3)S(=O)(=O)CCOC4)cc2n1. The van der Waals surface area contributed by atoms with Crippen molar-refractivity contribution < 1.29 is 22.7 Å². The standard InChI is InChI=1S/C28H28N6O5S/c1-33(2)25-8-6-23-28(32-25)39-10-9-34(23)26-7-5-19-15-29-21(14-22(19)31-26)16-30-27(35)18-3-4-20-17-38-11-12-40(36,37)24(20)13-18/h3-8,13-15H,9-12,16-17H2,1-2H3,(H,30,35). The molecule has 0 aliphatic carbocycles. The van der Waals surface area contributed by atoms with Crippen molar-refractivity contribution in [1.29, 1.82) is 0 Å². The molecule has 2 aliphatic heterocycles. The van der Waals surface area contributed by atoms with Crippen molar-refractivity contribution in [2.75, 3.05) is 49.4 Å². The van der Waals surface area contributed by atoms with Gasteiger partial charge in [0.15, 0.2) is 9.84 Å². The van der Waals surface area contributed by atoms with Gasteiger partial charge in [0.1, 0.15) is 23.9 Å². The lowest BCUT2D eigenvalue weighted by atomic mass is 10.1. The van der Waals surface area contributed by atoms with E-state index in [0.29, 0.717) is 30.3 Å². The molecule has 6 rings (SSSR count). The number of pyridine rings is 3. The van der Waals surface area contributed by atoms with Crippen molar-refractivity contribution in [3.8, 4) is 5.88 Å². The lowest BCUT2D eigenvalue weighted by Gasteiger charge is -2.30. The van der Waals surface area contributed by atoms with E-state index in [1.54, 1.807) is 18.3 Å². The maximum atomic E-state index is 12.9. The lowest BCUT2D eigenvalue weighted by molar-refractivity contribution is 0.0950. The Kier molecular flexibility index (Phi) is 6.72. The van der Waals surface area contributed by atoms with E-state index in [1.807, 2.05) is 49.3 Å². The predicted molar refractivity (Wildman–Crippen MR) is 150 cm³/mol. The van der Waals surface area contributed by atoms with Gasteiger partial charge in [-0.3, -0.25) is 9.78 Å². The molecule has 1 N–H and O–H groups in total. The summed E-state index contributed by atoms with van der Waals surface area (Å²) in [4.78, 5) is 31.0. The van der Waals surface area contributed by atoms with Crippen LogP contribution in [-0.2, 0) is 27.7 Å². The first kappa shape index (κ1) is 26.0. The molecule has 0 radical (unpaired) electrons. The van der Waals surface area contributed by atoms with Crippen LogP contribution in [0.1, 0.15) is 21.6 Å². The first-order chi connectivity index (χ1) is 19.3. The zero-order chi connectivity index (χ0) is 27.9. The van der Waals surface area contributed by atoms with Gasteiger partial charge in [-0.2, -0.15) is 4.98 Å². The van der Waals surface area contributed by atoms with Gasteiger partial charge < -0.3 is 24.6 Å². The summed E-state index contributed by atoms with van der Waals surface area (Å²) in [6.45, 7) is 1.61. The van der Waals surface area contributed by atoms with Crippen LogP contribution < -0.4 is 19.9 Å². The number of hydrogen-bond donors (Lipinski definition) is 1. The smallest absolute Gasteiger partial charge is 0.251 e. The van der Waals surface area contributed by atoms with Crippen LogP contribution in [0.2, 0.25) is 0 Å². The number of carbonyl (C=O) groups excluding carboxylic acids is 1. The highest BCUT2D eigenvalue weighted by molar-refractivity contribution is 7.91. The van der Waals surface area contributed by atoms with E-state index in [4.69, 9.17) is 14.5 Å². The molecule has 2 aliphatic rings. The number of nitrogens with one attached hydrogen (secondary N) is 1. The third kappa shape index (κ3) is 5.03. The van der Waals surface area contributed by atoms with E-state index in [1.165, 1.54) is 6.07 Å². The number of benzene rings is 1. The number of anilines is 3. The van der Waals surface area contributed by atoms with Crippen molar-refractivity contribution in [3.63, 3.8) is 0 Å². The molecule has 0 saturated carbocycles. The Labute approximate surface area is 231 Å². The largest absolute Gasteiger partial charge is 0.474 e. The topological polar surface area (TPSA) is 127 Å². The molecular formula is C28H28N6O5S. The van der Waals surface area contributed by atoms with Crippen LogP contribution in [0.5, 0.6) is 5.88 Å². The van der Waals surface area contributed by atoms with Gasteiger partial charge in [-0.25, -0.2) is 13.4 Å². The molecule has 0 bridgehead atoms. The fraction of sp³-hybridized carbons (Fsp3) is 0.286. The lowest BCUT2D eigenvalue weighted by Crippen LogP contribution is -2.30. The number of nitrogens with zero attached hydrogens (tertiary/aromatic N) is 5. The second kappa shape index (κ2) is 10.4. The van der Waals surface area contributed by atoms with Crippen LogP contribution in [0.4, 0.5) is 17.3 Å². The number of amides is 1. The highest BCUT2D eigenvalue weighted by Crippen LogP contribution is 2.36. The van der Waals surface area contributed by atoms with Gasteiger partial charge >= 0.3 is 0 Å². The zero-order valence-electron chi connectivity index (χ0n) is 22.1. The second-order valence-corrected chi connectivity index (χ2v) is 11.9. The summed E-state index contributed by atoms with van der Waals surface area (Å²) < 4.78 is 36.3. The van der Waals surface area contributed by atoms with Crippen molar-refractivity contribution in [2.45, 2.75) is 18.0 Å². The number of hydrogen-bond acceptors (Lipinski definition) is 10. The number of carbonyl (C=O) groups is 1. The average molecular weight is 561 g/mol. The van der Waals surface area contributed by atoms with E-state index < -0.39 is 9.84 Å². The summed E-state index contributed by atoms with van der Waals surface area (Å²) in [5.74, 6) is 1.64. The van der Waals surface area contributed by atoms with Gasteiger partial charge in [-0.05, 0) is 48.0 Å². The third-order valence-electron chi connectivity index (χ3n) is 6.87. The van der Waals surface area contributed by atoms with Gasteiger partial charge in [-0.15, -0.1) is 0 Å². The fourth-order valence-electron chi connectivity index (χ4n) is 4.71. The number of rotatable bonds is 5. The minimum Gasteiger partial charge on any atom is -0.474 e. The molecule has 0 unspecified atom stereocenters. The maximum absolute atomic E-state index is 12.9. The fourth-order valence-corrected chi connectivity index (χ4v) is 6.10. The van der Waals surface area contributed by atoms with E-state index in [0.717, 1.165) is 28.2 Å². The second-order valence-electron chi connectivity index (χ2n) is 9.80. The van der Waals surface area contributed by atoms with Crippen LogP contribution in [0.3, 0.4) is 0 Å². The average Bonchev–Trinajstić information content (AvgIpc) is 3.11. The van der Waals surface area contributed by atoms with Gasteiger partial charge in [-0.1, -0.05) is 6.07 Å². The Morgan fingerprint density at radius 2 is 1.95 bits per heavy atom. The third-order valence-corrected chi connectivity index (χ3v) is 8.62. The number of ether oxygens (including phenoxy) is 2. The van der Waals surface area contributed by atoms with E-state index >= 15 is 0 Å². The quantitative estimate of drug-likeness (QED) is 0.389. The zero-order valence-corrected chi connectivity index (χ0v) is 22.9. The molecule has 5 heterocycles. The molecule has 0 atom stereocenters. The number of aromatic nitrogens is 3. The minimum absolute atomic E-state index is 0.106. The Morgan fingerprint density at radius 1 is 1.07 bits per heavy atom. The van der Waals surface area contributed by atoms with E-state index in [9.17, 15) is 13.2 Å². The maximum Gasteiger partial charge on any atom is 0.251 e. The van der Waals surface area contributed by atoms with E-state index in [-0.39, 0.29) is 41.9 Å². The normalized spacial score (nSPS) is 15.9. The summed E-state index contributed by atoms with van der Waals surface area (Å²) in [5.41, 5.74) is 3.03. The molecule has 0 spiro atoms. The van der Waals surface area contributed by atoms with Crippen LogP contribution in [0, 0.1) is 0 Å². The summed E-state index contributed by atoms with van der Waals surface area (Å²) in [6.07, 6.45) is 1.72. The molecule has 0 fully saturated rings. The molecule has 1 aromatic carbocycles. The van der Waals surface area contributed by atoms with Gasteiger partial charge in [0.25, 0.3) is 5.91 Å². The minimum atomic E-state index is -3.51. The summed E-state index contributed by atoms with van der Waals surface area (Å²) in [7, 11) is 0.358. The van der Waals surface area contributed by atoms with Crippen LogP contribution >= 0.6 is 0 Å². The number of fused-ring (bicyclic) bond motifs is 3. The Balaban J connectivity index is 1.21. The Bertz CT molecular complexity index is 1730. The monoisotopic (exact) mass is 560 g/mol. The van der Waals surface area contributed by atoms with E-state index in [2.05, 4.69) is 20.2 Å². The summed E-state index contributed by atoms with van der Waals surface area (Å²) in [5, 5.41) is 3.71. The highest BCUT2D eigenvalue weighted by Gasteiger charge is 2.24. The Hall–Kier alpha value is -4.29. The Morgan fingerprint density at radius 3 is 2.80 bits per heavy atom. The van der Waals surface area contributed by atoms with Gasteiger partial charge in [0, 0.05) is 31.2 Å². The highest BCUT2D eigenvalue weighted by atomic mass is 32.2. The molecule has 0 saturated heterocycles. The summed E-state index contributed by atoms with van der Waals surface area (Å²) in [6, 6.07) is 14.3. The van der Waals surface area contributed by atoms with Crippen LogP contribution in [0.15, 0.2) is 59.6 Å². The van der Waals surface area contributed by atoms with Crippen LogP contribution in [-0.4, -0.2) is 68.9 Å². The van der Waals surface area contributed by atoms with Gasteiger partial charge in [0.05, 0.1) is 48.2 Å². The van der Waals surface area contributed by atoms with Crippen molar-refractivity contribution in [2.24, 2.45) is 0 Å². The molecule has 4 aromatic rings. The predicted octanol–water partition coefficient (Wildman–Crippen LogP) is 2.86. The number of sulfone groups is 1. The van der Waals surface area contributed by atoms with Crippen molar-refractivity contribution in [3.05, 3.63) is 71.5 Å².